The van der Waals surface area contributed by atoms with Crippen molar-refractivity contribution in [2.45, 2.75) is 6.92 Å². The van der Waals surface area contributed by atoms with Gasteiger partial charge in [-0.05, 0) is 58.7 Å². The summed E-state index contributed by atoms with van der Waals surface area (Å²) < 4.78 is 6.28. The molecule has 0 atom stereocenters. The molecular formula is C9H6BrIN2S. The highest BCUT2D eigenvalue weighted by atomic mass is 127. The molecule has 1 aromatic heterocycles. The first kappa shape index (κ1) is 10.5. The van der Waals surface area contributed by atoms with Gasteiger partial charge >= 0.3 is 0 Å². The van der Waals surface area contributed by atoms with Gasteiger partial charge in [0.15, 0.2) is 8.84 Å². The standard InChI is InChI=1S/C9H6BrIN2S/c1-5-2-3-6(7(10)4-5)8-12-9(11)14-13-8/h2-4H,1H3. The number of aryl methyl sites for hydroxylation is 1. The largest absolute Gasteiger partial charge is 0.209 e. The van der Waals surface area contributed by atoms with Crippen molar-refractivity contribution in [3.8, 4) is 11.4 Å². The molecule has 0 unspecified atom stereocenters. The molecule has 0 saturated heterocycles. The molecule has 0 bridgehead atoms. The summed E-state index contributed by atoms with van der Waals surface area (Å²) in [6.07, 6.45) is 0. The monoisotopic (exact) mass is 380 g/mol. The van der Waals surface area contributed by atoms with E-state index in [1.807, 2.05) is 6.07 Å². The van der Waals surface area contributed by atoms with Crippen molar-refractivity contribution < 1.29 is 0 Å². The quantitative estimate of drug-likeness (QED) is 0.701. The van der Waals surface area contributed by atoms with Crippen molar-refractivity contribution in [3.63, 3.8) is 0 Å². The molecule has 0 N–H and O–H groups in total. The molecule has 14 heavy (non-hydrogen) atoms. The van der Waals surface area contributed by atoms with E-state index in [1.54, 1.807) is 0 Å². The van der Waals surface area contributed by atoms with E-state index in [9.17, 15) is 0 Å². The molecule has 0 aliphatic heterocycles. The first-order chi connectivity index (χ1) is 6.66. The smallest absolute Gasteiger partial charge is 0.175 e. The second kappa shape index (κ2) is 4.24. The lowest BCUT2D eigenvalue weighted by atomic mass is 10.1. The molecule has 0 fully saturated rings. The number of rotatable bonds is 1. The van der Waals surface area contributed by atoms with Gasteiger partial charge in [0.1, 0.15) is 0 Å². The molecule has 0 radical (unpaired) electrons. The summed E-state index contributed by atoms with van der Waals surface area (Å²) in [4.78, 5) is 4.34. The lowest BCUT2D eigenvalue weighted by Crippen LogP contribution is -1.83. The van der Waals surface area contributed by atoms with E-state index in [2.05, 4.69) is 66.9 Å². The molecule has 0 spiro atoms. The van der Waals surface area contributed by atoms with E-state index in [0.29, 0.717) is 0 Å². The first-order valence-corrected chi connectivity index (χ1v) is 6.57. The zero-order valence-corrected chi connectivity index (χ0v) is 11.9. The van der Waals surface area contributed by atoms with Gasteiger partial charge in [-0.1, -0.05) is 22.0 Å². The maximum Gasteiger partial charge on any atom is 0.175 e. The zero-order valence-electron chi connectivity index (χ0n) is 7.29. The molecule has 1 heterocycles. The van der Waals surface area contributed by atoms with E-state index in [-0.39, 0.29) is 0 Å². The van der Waals surface area contributed by atoms with Crippen LogP contribution in [0.4, 0.5) is 0 Å². The number of hydrogen-bond donors (Lipinski definition) is 0. The fraction of sp³-hybridized carbons (Fsp3) is 0.111. The molecule has 0 saturated carbocycles. The molecular weight excluding hydrogens is 375 g/mol. The lowest BCUT2D eigenvalue weighted by Gasteiger charge is -2.00. The van der Waals surface area contributed by atoms with Gasteiger partial charge in [0.05, 0.1) is 0 Å². The summed E-state index contributed by atoms with van der Waals surface area (Å²) in [5, 5.41) is 0. The molecule has 5 heteroatoms. The fourth-order valence-corrected chi connectivity index (χ4v) is 2.74. The van der Waals surface area contributed by atoms with E-state index < -0.39 is 0 Å². The van der Waals surface area contributed by atoms with Crippen LogP contribution in [0.3, 0.4) is 0 Å². The Bertz CT molecular complexity index is 470. The van der Waals surface area contributed by atoms with Crippen LogP contribution in [0.5, 0.6) is 0 Å². The average molecular weight is 381 g/mol. The number of hydrogen-bond acceptors (Lipinski definition) is 3. The first-order valence-electron chi connectivity index (χ1n) is 3.92. The van der Waals surface area contributed by atoms with E-state index in [4.69, 9.17) is 0 Å². The Hall–Kier alpha value is -0.0100. The van der Waals surface area contributed by atoms with E-state index in [0.717, 1.165) is 18.9 Å². The van der Waals surface area contributed by atoms with Gasteiger partial charge in [-0.25, -0.2) is 4.98 Å². The van der Waals surface area contributed by atoms with Crippen molar-refractivity contribution in [1.82, 2.24) is 9.36 Å². The lowest BCUT2D eigenvalue weighted by molar-refractivity contribution is 1.29. The highest BCUT2D eigenvalue weighted by molar-refractivity contribution is 14.1. The minimum absolute atomic E-state index is 0.797. The second-order valence-electron chi connectivity index (χ2n) is 2.85. The molecule has 2 rings (SSSR count). The Labute approximate surface area is 108 Å². The molecule has 0 amide bonds. The molecule has 0 aliphatic carbocycles. The molecule has 1 aromatic carbocycles. The van der Waals surface area contributed by atoms with Crippen molar-refractivity contribution in [2.24, 2.45) is 0 Å². The highest BCUT2D eigenvalue weighted by Gasteiger charge is 2.08. The number of aromatic nitrogens is 2. The van der Waals surface area contributed by atoms with Crippen LogP contribution in [0, 0.1) is 9.94 Å². The predicted octanol–water partition coefficient (Wildman–Crippen LogP) is 3.88. The van der Waals surface area contributed by atoms with Crippen LogP contribution in [0.25, 0.3) is 11.4 Å². The third-order valence-electron chi connectivity index (χ3n) is 1.77. The minimum atomic E-state index is 0.797. The number of nitrogens with zero attached hydrogens (tertiary/aromatic N) is 2. The highest BCUT2D eigenvalue weighted by Crippen LogP contribution is 2.28. The Morgan fingerprint density at radius 1 is 1.43 bits per heavy atom. The summed E-state index contributed by atoms with van der Waals surface area (Å²) in [7, 11) is 0. The molecule has 0 aliphatic rings. The van der Waals surface area contributed by atoms with Gasteiger partial charge in [0, 0.05) is 10.0 Å². The molecule has 2 nitrogen and oxygen atoms in total. The van der Waals surface area contributed by atoms with Gasteiger partial charge in [-0.2, -0.15) is 4.37 Å². The van der Waals surface area contributed by atoms with Crippen molar-refractivity contribution in [2.75, 3.05) is 0 Å². The Morgan fingerprint density at radius 2 is 2.21 bits per heavy atom. The topological polar surface area (TPSA) is 25.8 Å². The van der Waals surface area contributed by atoms with Crippen molar-refractivity contribution >= 4 is 50.1 Å². The normalized spacial score (nSPS) is 10.5. The summed E-state index contributed by atoms with van der Waals surface area (Å²) in [6.45, 7) is 2.06. The van der Waals surface area contributed by atoms with Gasteiger partial charge in [-0.3, -0.25) is 0 Å². The maximum atomic E-state index is 4.34. The van der Waals surface area contributed by atoms with Crippen LogP contribution in [-0.2, 0) is 0 Å². The van der Waals surface area contributed by atoms with Gasteiger partial charge < -0.3 is 0 Å². The summed E-state index contributed by atoms with van der Waals surface area (Å²) in [5.41, 5.74) is 2.28. The predicted molar refractivity (Wildman–Crippen MR) is 70.5 cm³/mol. The van der Waals surface area contributed by atoms with Crippen LogP contribution in [-0.4, -0.2) is 9.36 Å². The maximum absolute atomic E-state index is 4.34. The van der Waals surface area contributed by atoms with E-state index >= 15 is 0 Å². The number of halogens is 2. The summed E-state index contributed by atoms with van der Waals surface area (Å²) in [6, 6.07) is 6.18. The summed E-state index contributed by atoms with van der Waals surface area (Å²) >= 11 is 7.11. The van der Waals surface area contributed by atoms with Gasteiger partial charge in [0.2, 0.25) is 0 Å². The van der Waals surface area contributed by atoms with Crippen LogP contribution in [0.15, 0.2) is 22.7 Å². The van der Waals surface area contributed by atoms with Crippen LogP contribution >= 0.6 is 50.1 Å². The average Bonchev–Trinajstić information content (AvgIpc) is 2.51. The van der Waals surface area contributed by atoms with Crippen molar-refractivity contribution in [1.29, 1.82) is 0 Å². The SMILES string of the molecule is Cc1ccc(-c2nsc(I)n2)c(Br)c1. The van der Waals surface area contributed by atoms with Crippen molar-refractivity contribution in [3.05, 3.63) is 31.2 Å². The van der Waals surface area contributed by atoms with Gasteiger partial charge in [-0.15, -0.1) is 0 Å². The fourth-order valence-electron chi connectivity index (χ4n) is 1.12. The van der Waals surface area contributed by atoms with Crippen LogP contribution in [0.1, 0.15) is 5.56 Å². The molecule has 72 valence electrons. The second-order valence-corrected chi connectivity index (χ2v) is 6.21. The van der Waals surface area contributed by atoms with Crippen LogP contribution in [0.2, 0.25) is 0 Å². The summed E-state index contributed by atoms with van der Waals surface area (Å²) in [5.74, 6) is 0.797. The Morgan fingerprint density at radius 3 is 2.79 bits per heavy atom. The third-order valence-corrected chi connectivity index (χ3v) is 3.76. The Balaban J connectivity index is 2.52. The third kappa shape index (κ3) is 2.14. The zero-order chi connectivity index (χ0) is 10.1. The number of benzene rings is 1. The minimum Gasteiger partial charge on any atom is -0.209 e. The van der Waals surface area contributed by atoms with Gasteiger partial charge in [0.25, 0.3) is 0 Å². The molecule has 2 aromatic rings. The Kier molecular flexibility index (Phi) is 3.18. The van der Waals surface area contributed by atoms with E-state index in [1.165, 1.54) is 17.1 Å². The van der Waals surface area contributed by atoms with Crippen LogP contribution < -0.4 is 0 Å².